The third kappa shape index (κ3) is 16.3. The number of terminal acetylenes is 1. The molecule has 0 saturated carbocycles. The van der Waals surface area contributed by atoms with Crippen LogP contribution < -0.4 is 26.4 Å². The number of halogens is 3. The molecule has 0 bridgehead atoms. The molecule has 47 heavy (non-hydrogen) atoms. The van der Waals surface area contributed by atoms with Gasteiger partial charge in [0.25, 0.3) is 0 Å². The SMILES string of the molecule is C#CCOc1cc(-n2nc(C(C)(C)C)oc2=O)c(Cl)cc1Cl.CCNc1nc(Cl)nc(NC(C)(C)C)n1.O=C(O)CNCP(=O)(O)O. The van der Waals surface area contributed by atoms with Crippen molar-refractivity contribution in [2.24, 2.45) is 0 Å². The van der Waals surface area contributed by atoms with E-state index >= 15 is 0 Å². The number of carbonyl (C=O) groups is 1. The van der Waals surface area contributed by atoms with Crippen LogP contribution in [0.25, 0.3) is 5.69 Å². The first-order chi connectivity index (χ1) is 21.6. The molecular formula is C27H38Cl3N8O8P. The lowest BCUT2D eigenvalue weighted by molar-refractivity contribution is -0.135. The highest BCUT2D eigenvalue weighted by Gasteiger charge is 2.24. The molecule has 0 radical (unpaired) electrons. The summed E-state index contributed by atoms with van der Waals surface area (Å²) in [6.07, 6.45) is 4.56. The Hall–Kier alpha value is -3.42. The van der Waals surface area contributed by atoms with Crippen LogP contribution in [0.1, 0.15) is 54.4 Å². The van der Waals surface area contributed by atoms with Crippen molar-refractivity contribution in [3.8, 4) is 23.8 Å². The Morgan fingerprint density at radius 1 is 1.09 bits per heavy atom. The number of carboxylic acid groups (broad SMARTS) is 1. The van der Waals surface area contributed by atoms with Gasteiger partial charge in [0.2, 0.25) is 23.1 Å². The lowest BCUT2D eigenvalue weighted by Gasteiger charge is -2.20. The first-order valence-corrected chi connectivity index (χ1v) is 16.6. The molecule has 0 aliphatic rings. The van der Waals surface area contributed by atoms with Crippen LogP contribution in [0.15, 0.2) is 21.3 Å². The average Bonchev–Trinajstić information content (AvgIpc) is 3.29. The maximum Gasteiger partial charge on any atom is 0.442 e. The minimum Gasteiger partial charge on any atom is -0.480 e. The molecule has 2 aromatic heterocycles. The Labute approximate surface area is 286 Å². The summed E-state index contributed by atoms with van der Waals surface area (Å²) in [6, 6.07) is 2.96. The lowest BCUT2D eigenvalue weighted by Crippen LogP contribution is -2.27. The molecule has 16 nitrogen and oxygen atoms in total. The topological polar surface area (TPSA) is 227 Å². The molecule has 0 fully saturated rings. The van der Waals surface area contributed by atoms with Gasteiger partial charge in [-0.2, -0.15) is 19.6 Å². The van der Waals surface area contributed by atoms with Crippen molar-refractivity contribution in [3.05, 3.63) is 43.9 Å². The smallest absolute Gasteiger partial charge is 0.442 e. The molecule has 2 heterocycles. The van der Waals surface area contributed by atoms with E-state index in [1.54, 1.807) is 0 Å². The lowest BCUT2D eigenvalue weighted by atomic mass is 9.97. The fraction of sp³-hybridized carbons (Fsp3) is 0.481. The van der Waals surface area contributed by atoms with Gasteiger partial charge in [-0.25, -0.2) is 4.79 Å². The summed E-state index contributed by atoms with van der Waals surface area (Å²) in [6.45, 7) is 14.0. The van der Waals surface area contributed by atoms with Gasteiger partial charge < -0.3 is 34.7 Å². The molecule has 0 aliphatic carbocycles. The zero-order valence-corrected chi connectivity index (χ0v) is 29.9. The highest BCUT2D eigenvalue weighted by Crippen LogP contribution is 2.33. The minimum atomic E-state index is -4.10. The van der Waals surface area contributed by atoms with E-state index in [2.05, 4.69) is 41.9 Å². The maximum absolute atomic E-state index is 12.0. The first-order valence-electron chi connectivity index (χ1n) is 13.6. The largest absolute Gasteiger partial charge is 0.480 e. The summed E-state index contributed by atoms with van der Waals surface area (Å²) in [5.41, 5.74) is -0.206. The predicted octanol–water partition coefficient (Wildman–Crippen LogP) is 4.40. The molecule has 6 N–H and O–H groups in total. The Morgan fingerprint density at radius 3 is 2.19 bits per heavy atom. The quantitative estimate of drug-likeness (QED) is 0.125. The van der Waals surface area contributed by atoms with Crippen molar-refractivity contribution in [3.63, 3.8) is 0 Å². The van der Waals surface area contributed by atoms with Crippen molar-refractivity contribution < 1.29 is 33.4 Å². The second-order valence-electron chi connectivity index (χ2n) is 11.4. The van der Waals surface area contributed by atoms with E-state index in [0.29, 0.717) is 29.2 Å². The van der Waals surface area contributed by atoms with Gasteiger partial charge >= 0.3 is 19.3 Å². The number of aliphatic carboxylic acids is 1. The Kier molecular flexibility index (Phi) is 16.1. The first kappa shape index (κ1) is 41.6. The van der Waals surface area contributed by atoms with E-state index in [0.717, 1.165) is 11.2 Å². The standard InChI is InChI=1S/C15H14Cl2N2O3.C9H16ClN5.C3H8NO5P/c1-5-6-21-12-8-11(9(16)7-10(12)17)19-14(20)22-13(18-19)15(2,3)4;1-5-11-7-12-6(10)13-8(14-7)15-9(2,3)4;5-3(6)1-4-2-10(7,8)9/h1,7-8H,6H2,2-4H3;5H2,1-4H3,(H2,11,12,13,14,15);4H,1-2H2,(H,5,6)(H2,7,8,9). The Morgan fingerprint density at radius 2 is 1.70 bits per heavy atom. The van der Waals surface area contributed by atoms with Crippen molar-refractivity contribution >= 4 is 60.3 Å². The molecule has 1 aromatic carbocycles. The number of anilines is 2. The van der Waals surface area contributed by atoms with Crippen LogP contribution in [0.5, 0.6) is 5.75 Å². The van der Waals surface area contributed by atoms with Crippen LogP contribution in [-0.4, -0.2) is 77.1 Å². The second-order valence-corrected chi connectivity index (χ2v) is 14.2. The molecular weight excluding hydrogens is 702 g/mol. The van der Waals surface area contributed by atoms with Crippen molar-refractivity contribution in [1.29, 1.82) is 0 Å². The summed E-state index contributed by atoms with van der Waals surface area (Å²) in [5, 5.41) is 21.1. The van der Waals surface area contributed by atoms with Gasteiger partial charge in [-0.15, -0.1) is 11.5 Å². The number of aromatic nitrogens is 5. The van der Waals surface area contributed by atoms with Gasteiger partial charge in [-0.05, 0) is 45.4 Å². The molecule has 0 saturated heterocycles. The van der Waals surface area contributed by atoms with Crippen LogP contribution >= 0.6 is 42.4 Å². The summed E-state index contributed by atoms with van der Waals surface area (Å²) in [7, 11) is -4.10. The highest BCUT2D eigenvalue weighted by molar-refractivity contribution is 7.51. The van der Waals surface area contributed by atoms with E-state index < -0.39 is 37.6 Å². The van der Waals surface area contributed by atoms with Gasteiger partial charge in [0, 0.05) is 23.6 Å². The molecule has 0 atom stereocenters. The van der Waals surface area contributed by atoms with E-state index in [1.807, 2.05) is 48.5 Å². The molecule has 20 heteroatoms. The fourth-order valence-electron chi connectivity index (χ4n) is 2.93. The predicted molar refractivity (Wildman–Crippen MR) is 180 cm³/mol. The van der Waals surface area contributed by atoms with Gasteiger partial charge in [0.15, 0.2) is 0 Å². The van der Waals surface area contributed by atoms with E-state index in [9.17, 15) is 14.2 Å². The number of hydrogen-bond acceptors (Lipinski definition) is 12. The Bertz CT molecular complexity index is 1640. The van der Waals surface area contributed by atoms with E-state index in [4.69, 9.17) is 65.3 Å². The number of nitrogens with zero attached hydrogens (tertiary/aromatic N) is 5. The summed E-state index contributed by atoms with van der Waals surface area (Å²) in [5.74, 6) is 2.14. The van der Waals surface area contributed by atoms with Crippen LogP contribution in [0.2, 0.25) is 15.3 Å². The maximum atomic E-state index is 12.0. The molecule has 0 aliphatic heterocycles. The van der Waals surface area contributed by atoms with Gasteiger partial charge in [0.1, 0.15) is 12.4 Å². The zero-order chi connectivity index (χ0) is 36.2. The number of nitrogens with one attached hydrogen (secondary N) is 3. The molecule has 3 rings (SSSR count). The number of benzene rings is 1. The van der Waals surface area contributed by atoms with Crippen molar-refractivity contribution in [1.82, 2.24) is 30.0 Å². The summed E-state index contributed by atoms with van der Waals surface area (Å²) in [4.78, 5) is 50.3. The van der Waals surface area contributed by atoms with Crippen molar-refractivity contribution in [2.45, 2.75) is 59.4 Å². The van der Waals surface area contributed by atoms with E-state index in [1.165, 1.54) is 12.1 Å². The monoisotopic (exact) mass is 738 g/mol. The van der Waals surface area contributed by atoms with Crippen LogP contribution in [0, 0.1) is 12.3 Å². The van der Waals surface area contributed by atoms with Crippen molar-refractivity contribution in [2.75, 3.05) is 36.6 Å². The number of ether oxygens (including phenoxy) is 1. The summed E-state index contributed by atoms with van der Waals surface area (Å²) < 4.78 is 21.6. The van der Waals surface area contributed by atoms with E-state index in [-0.39, 0.29) is 27.5 Å². The molecule has 3 aromatic rings. The summed E-state index contributed by atoms with van der Waals surface area (Å²) >= 11 is 17.9. The third-order valence-corrected chi connectivity index (χ3v) is 6.16. The van der Waals surface area contributed by atoms with Gasteiger partial charge in [-0.1, -0.05) is 49.9 Å². The molecule has 0 unspecified atom stereocenters. The molecule has 260 valence electrons. The molecule has 0 amide bonds. The van der Waals surface area contributed by atoms with Gasteiger partial charge in [-0.3, -0.25) is 14.7 Å². The number of carboxylic acids is 1. The number of hydrogen-bond donors (Lipinski definition) is 6. The Balaban J connectivity index is 0.000000384. The van der Waals surface area contributed by atoms with Gasteiger partial charge in [0.05, 0.1) is 28.6 Å². The van der Waals surface area contributed by atoms with Crippen LogP contribution in [0.4, 0.5) is 11.9 Å². The third-order valence-electron chi connectivity index (χ3n) is 4.75. The average molecular weight is 740 g/mol. The fourth-order valence-corrected chi connectivity index (χ4v) is 4.01. The van der Waals surface area contributed by atoms with Crippen LogP contribution in [0.3, 0.4) is 0 Å². The normalized spacial score (nSPS) is 11.3. The zero-order valence-electron chi connectivity index (χ0n) is 26.8. The minimum absolute atomic E-state index is 0.0434. The number of rotatable bonds is 10. The highest BCUT2D eigenvalue weighted by atomic mass is 35.5. The second kappa shape index (κ2) is 18.2. The van der Waals surface area contributed by atoms with Crippen LogP contribution in [-0.2, 0) is 14.8 Å². The molecule has 0 spiro atoms.